The van der Waals surface area contributed by atoms with Crippen LogP contribution in [-0.2, 0) is 4.79 Å². The summed E-state index contributed by atoms with van der Waals surface area (Å²) in [6.45, 7) is 5.14. The fraction of sp³-hybridized carbons (Fsp3) is 0.200. The lowest BCUT2D eigenvalue weighted by atomic mass is 10.1. The second-order valence-electron chi connectivity index (χ2n) is 6.05. The van der Waals surface area contributed by atoms with Crippen LogP contribution in [0.15, 0.2) is 45.8 Å². The molecule has 1 aromatic heterocycles. The quantitative estimate of drug-likeness (QED) is 0.642. The van der Waals surface area contributed by atoms with Crippen LogP contribution in [0.5, 0.6) is 17.2 Å². The molecule has 0 aliphatic carbocycles. The van der Waals surface area contributed by atoms with Gasteiger partial charge < -0.3 is 13.9 Å². The molecule has 0 radical (unpaired) electrons. The molecule has 0 spiro atoms. The highest BCUT2D eigenvalue weighted by molar-refractivity contribution is 6.32. The van der Waals surface area contributed by atoms with Crippen LogP contribution in [0.3, 0.4) is 0 Å². The summed E-state index contributed by atoms with van der Waals surface area (Å²) >= 11 is 6.15. The minimum absolute atomic E-state index is 0.0355. The summed E-state index contributed by atoms with van der Waals surface area (Å²) in [5.41, 5.74) is 1.78. The number of rotatable bonds is 5. The zero-order valence-electron chi connectivity index (χ0n) is 14.6. The van der Waals surface area contributed by atoms with Gasteiger partial charge in [-0.3, -0.25) is 9.59 Å². The first-order valence-corrected chi connectivity index (χ1v) is 8.35. The van der Waals surface area contributed by atoms with Gasteiger partial charge in [0, 0.05) is 11.1 Å². The van der Waals surface area contributed by atoms with Crippen LogP contribution < -0.4 is 14.9 Å². The van der Waals surface area contributed by atoms with E-state index in [2.05, 4.69) is 0 Å². The Morgan fingerprint density at radius 1 is 1.12 bits per heavy atom. The average Bonchev–Trinajstić information content (AvgIpc) is 2.60. The molecule has 0 aliphatic rings. The number of carbonyl (C=O) groups is 1. The maximum Gasteiger partial charge on any atom is 0.235 e. The standard InChI is InChI=1S/C20H17ClO5/c1-11-6-15(7-12(2)19(11)21)26-18-10-25-17-8-14(24-9-13(3)22)4-5-16(17)20(18)23/h4-8,10H,9H2,1-3H3. The van der Waals surface area contributed by atoms with Gasteiger partial charge >= 0.3 is 0 Å². The Labute approximate surface area is 155 Å². The molecule has 134 valence electrons. The number of ether oxygens (including phenoxy) is 2. The Bertz CT molecular complexity index is 1030. The summed E-state index contributed by atoms with van der Waals surface area (Å²) in [4.78, 5) is 23.6. The first-order valence-electron chi connectivity index (χ1n) is 7.97. The van der Waals surface area contributed by atoms with Crippen LogP contribution >= 0.6 is 11.6 Å². The van der Waals surface area contributed by atoms with Crippen molar-refractivity contribution in [2.24, 2.45) is 0 Å². The number of aryl methyl sites for hydroxylation is 2. The molecule has 0 amide bonds. The van der Waals surface area contributed by atoms with Gasteiger partial charge in [-0.2, -0.15) is 0 Å². The van der Waals surface area contributed by atoms with Crippen LogP contribution in [-0.4, -0.2) is 12.4 Å². The predicted octanol–water partition coefficient (Wildman–Crippen LogP) is 4.82. The van der Waals surface area contributed by atoms with Crippen LogP contribution in [0.2, 0.25) is 5.02 Å². The Hall–Kier alpha value is -2.79. The van der Waals surface area contributed by atoms with E-state index in [4.69, 9.17) is 25.5 Å². The van der Waals surface area contributed by atoms with Gasteiger partial charge in [-0.1, -0.05) is 11.6 Å². The largest absolute Gasteiger partial charge is 0.486 e. The van der Waals surface area contributed by atoms with Crippen LogP contribution in [0.1, 0.15) is 18.1 Å². The van der Waals surface area contributed by atoms with Crippen molar-refractivity contribution in [1.82, 2.24) is 0 Å². The molecule has 0 bridgehead atoms. The van der Waals surface area contributed by atoms with Crippen LogP contribution in [0.25, 0.3) is 11.0 Å². The molecule has 26 heavy (non-hydrogen) atoms. The topological polar surface area (TPSA) is 65.7 Å². The zero-order chi connectivity index (χ0) is 18.8. The number of halogens is 1. The molecule has 1 heterocycles. The van der Waals surface area contributed by atoms with Gasteiger partial charge in [0.25, 0.3) is 0 Å². The number of carbonyl (C=O) groups excluding carboxylic acids is 1. The number of ketones is 1. The van der Waals surface area contributed by atoms with E-state index in [9.17, 15) is 9.59 Å². The maximum absolute atomic E-state index is 12.6. The lowest BCUT2D eigenvalue weighted by molar-refractivity contribution is -0.118. The van der Waals surface area contributed by atoms with Crippen molar-refractivity contribution in [3.63, 3.8) is 0 Å². The Morgan fingerprint density at radius 2 is 1.81 bits per heavy atom. The second kappa shape index (κ2) is 7.22. The third-order valence-electron chi connectivity index (χ3n) is 3.79. The highest BCUT2D eigenvalue weighted by Gasteiger charge is 2.12. The van der Waals surface area contributed by atoms with Crippen LogP contribution in [0, 0.1) is 13.8 Å². The molecule has 3 aromatic rings. The second-order valence-corrected chi connectivity index (χ2v) is 6.43. The first kappa shape index (κ1) is 18.0. The Kier molecular flexibility index (Phi) is 5.00. The normalized spacial score (nSPS) is 10.8. The molecule has 0 aliphatic heterocycles. The van der Waals surface area contributed by atoms with Gasteiger partial charge in [-0.15, -0.1) is 0 Å². The molecule has 0 atom stereocenters. The first-order chi connectivity index (χ1) is 12.3. The molecule has 3 rings (SSSR count). The fourth-order valence-electron chi connectivity index (χ4n) is 2.53. The maximum atomic E-state index is 12.6. The van der Waals surface area contributed by atoms with E-state index in [0.717, 1.165) is 11.1 Å². The number of Topliss-reactive ketones (excluding diaryl/α,β-unsaturated/α-hetero) is 1. The third kappa shape index (κ3) is 3.73. The third-order valence-corrected chi connectivity index (χ3v) is 4.39. The molecule has 0 unspecified atom stereocenters. The van der Waals surface area contributed by atoms with E-state index in [1.807, 2.05) is 13.8 Å². The summed E-state index contributed by atoms with van der Waals surface area (Å²) in [7, 11) is 0. The molecular weight excluding hydrogens is 356 g/mol. The van der Waals surface area contributed by atoms with Crippen molar-refractivity contribution < 1.29 is 18.7 Å². The molecule has 0 saturated heterocycles. The van der Waals surface area contributed by atoms with Crippen molar-refractivity contribution in [1.29, 1.82) is 0 Å². The van der Waals surface area contributed by atoms with Crippen molar-refractivity contribution in [3.8, 4) is 17.2 Å². The molecular formula is C20H17ClO5. The van der Waals surface area contributed by atoms with E-state index in [-0.39, 0.29) is 23.6 Å². The van der Waals surface area contributed by atoms with Crippen LogP contribution in [0.4, 0.5) is 0 Å². The summed E-state index contributed by atoms with van der Waals surface area (Å²) < 4.78 is 16.5. The summed E-state index contributed by atoms with van der Waals surface area (Å²) in [6.07, 6.45) is 1.26. The van der Waals surface area contributed by atoms with Crippen molar-refractivity contribution in [2.75, 3.05) is 6.61 Å². The van der Waals surface area contributed by atoms with Gasteiger partial charge in [-0.05, 0) is 56.2 Å². The molecule has 6 heteroatoms. The zero-order valence-corrected chi connectivity index (χ0v) is 15.3. The minimum Gasteiger partial charge on any atom is -0.486 e. The summed E-state index contributed by atoms with van der Waals surface area (Å²) in [6, 6.07) is 8.29. The predicted molar refractivity (Wildman–Crippen MR) is 99.7 cm³/mol. The summed E-state index contributed by atoms with van der Waals surface area (Å²) in [5, 5.41) is 1.03. The lowest BCUT2D eigenvalue weighted by Crippen LogP contribution is -2.07. The van der Waals surface area contributed by atoms with Gasteiger partial charge in [0.15, 0.2) is 5.78 Å². The smallest absolute Gasteiger partial charge is 0.235 e. The van der Waals surface area contributed by atoms with Gasteiger partial charge in [0.2, 0.25) is 11.2 Å². The number of benzene rings is 2. The lowest BCUT2D eigenvalue weighted by Gasteiger charge is -2.10. The van der Waals surface area contributed by atoms with Gasteiger partial charge in [-0.25, -0.2) is 0 Å². The highest BCUT2D eigenvalue weighted by atomic mass is 35.5. The van der Waals surface area contributed by atoms with E-state index >= 15 is 0 Å². The molecule has 0 fully saturated rings. The van der Waals surface area contributed by atoms with Gasteiger partial charge in [0.1, 0.15) is 30.0 Å². The van der Waals surface area contributed by atoms with Gasteiger partial charge in [0.05, 0.1) is 5.39 Å². The number of hydrogen-bond acceptors (Lipinski definition) is 5. The van der Waals surface area contributed by atoms with E-state index in [1.165, 1.54) is 13.2 Å². The fourth-order valence-corrected chi connectivity index (χ4v) is 2.64. The number of fused-ring (bicyclic) bond motifs is 1. The van der Waals surface area contributed by atoms with Crippen molar-refractivity contribution in [2.45, 2.75) is 20.8 Å². The van der Waals surface area contributed by atoms with E-state index in [1.54, 1.807) is 30.3 Å². The Balaban J connectivity index is 1.93. The minimum atomic E-state index is -0.297. The monoisotopic (exact) mass is 372 g/mol. The Morgan fingerprint density at radius 3 is 2.46 bits per heavy atom. The van der Waals surface area contributed by atoms with E-state index in [0.29, 0.717) is 27.5 Å². The molecule has 5 nitrogen and oxygen atoms in total. The molecule has 2 aromatic carbocycles. The highest BCUT2D eigenvalue weighted by Crippen LogP contribution is 2.29. The van der Waals surface area contributed by atoms with Crippen molar-refractivity contribution in [3.05, 3.63) is 63.0 Å². The molecule has 0 saturated carbocycles. The molecule has 0 N–H and O–H groups in total. The number of hydrogen-bond donors (Lipinski definition) is 0. The van der Waals surface area contributed by atoms with Crippen molar-refractivity contribution >= 4 is 28.4 Å². The van der Waals surface area contributed by atoms with E-state index < -0.39 is 0 Å². The summed E-state index contributed by atoms with van der Waals surface area (Å²) in [5.74, 6) is 0.950. The average molecular weight is 373 g/mol. The SMILES string of the molecule is CC(=O)COc1ccc2c(=O)c(Oc3cc(C)c(Cl)c(C)c3)coc2c1.